The summed E-state index contributed by atoms with van der Waals surface area (Å²) in [6.07, 6.45) is 2.66. The normalized spacial score (nSPS) is 19.6. The number of nitrogens with zero attached hydrogens (tertiary/aromatic N) is 2. The van der Waals surface area contributed by atoms with E-state index in [1.165, 1.54) is 4.90 Å². The molecule has 2 atom stereocenters. The highest BCUT2D eigenvalue weighted by molar-refractivity contribution is 9.10. The number of ether oxygens (including phenoxy) is 2. The minimum atomic E-state index is -0.254. The van der Waals surface area contributed by atoms with Gasteiger partial charge in [0.2, 0.25) is 6.23 Å². The first kappa shape index (κ1) is 19.5. The molecule has 0 unspecified atom stereocenters. The van der Waals surface area contributed by atoms with Crippen molar-refractivity contribution in [1.29, 1.82) is 0 Å². The Morgan fingerprint density at radius 2 is 1.83 bits per heavy atom. The predicted octanol–water partition coefficient (Wildman–Crippen LogP) is 6.42. The number of hydrogen-bond donors (Lipinski definition) is 0. The molecule has 2 aliphatic heterocycles. The van der Waals surface area contributed by atoms with Gasteiger partial charge in [0.1, 0.15) is 11.5 Å². The molecule has 0 aliphatic carbocycles. The molecule has 0 amide bonds. The first-order valence-electron chi connectivity index (χ1n) is 9.76. The summed E-state index contributed by atoms with van der Waals surface area (Å²) in [5.74, 6) is 1.77. The molecular formula is C24H21BrN2O2S. The molecule has 0 radical (unpaired) electrons. The number of methoxy groups -OCH3 is 1. The third-order valence-corrected chi connectivity index (χ3v) is 6.81. The molecule has 30 heavy (non-hydrogen) atoms. The molecule has 3 aromatic rings. The van der Waals surface area contributed by atoms with Crippen LogP contribution in [-0.2, 0) is 0 Å². The van der Waals surface area contributed by atoms with E-state index in [0.29, 0.717) is 0 Å². The summed E-state index contributed by atoms with van der Waals surface area (Å²) in [5, 5.41) is 7.14. The Labute approximate surface area is 189 Å². The lowest BCUT2D eigenvalue weighted by Crippen LogP contribution is -2.33. The maximum absolute atomic E-state index is 6.45. The van der Waals surface area contributed by atoms with Crippen LogP contribution in [0.25, 0.3) is 0 Å². The summed E-state index contributed by atoms with van der Waals surface area (Å²) < 4.78 is 12.8. The molecule has 152 valence electrons. The van der Waals surface area contributed by atoms with Gasteiger partial charge in [-0.2, -0.15) is 5.10 Å². The smallest absolute Gasteiger partial charge is 0.213 e. The minimum Gasteiger partial charge on any atom is -0.497 e. The molecule has 4 nitrogen and oxygen atoms in total. The predicted molar refractivity (Wildman–Crippen MR) is 124 cm³/mol. The Bertz CT molecular complexity index is 1100. The molecule has 0 saturated heterocycles. The second-order valence-electron chi connectivity index (χ2n) is 7.30. The van der Waals surface area contributed by atoms with Gasteiger partial charge in [0.25, 0.3) is 0 Å². The van der Waals surface area contributed by atoms with E-state index in [1.54, 1.807) is 18.9 Å². The molecule has 0 saturated carbocycles. The Morgan fingerprint density at radius 1 is 1.07 bits per heavy atom. The van der Waals surface area contributed by atoms with Gasteiger partial charge in [0.05, 0.1) is 18.9 Å². The fraction of sp³-hybridized carbons (Fsp3) is 0.208. The van der Waals surface area contributed by atoms with Crippen LogP contribution in [0.2, 0.25) is 0 Å². The van der Waals surface area contributed by atoms with E-state index in [1.807, 2.05) is 24.3 Å². The number of halogens is 1. The molecule has 0 spiro atoms. The van der Waals surface area contributed by atoms with Crippen molar-refractivity contribution in [3.63, 3.8) is 0 Å². The maximum atomic E-state index is 6.45. The molecule has 3 aromatic carbocycles. The van der Waals surface area contributed by atoms with Gasteiger partial charge in [0.15, 0.2) is 0 Å². The van der Waals surface area contributed by atoms with Crippen LogP contribution in [0.4, 0.5) is 0 Å². The number of hydrogen-bond acceptors (Lipinski definition) is 5. The van der Waals surface area contributed by atoms with Gasteiger partial charge < -0.3 is 9.47 Å². The van der Waals surface area contributed by atoms with Crippen molar-refractivity contribution in [2.24, 2.45) is 5.10 Å². The van der Waals surface area contributed by atoms with Gasteiger partial charge in [-0.25, -0.2) is 5.01 Å². The molecule has 0 aromatic heterocycles. The van der Waals surface area contributed by atoms with Gasteiger partial charge in [-0.15, -0.1) is 11.8 Å². The van der Waals surface area contributed by atoms with E-state index < -0.39 is 0 Å². The number of rotatable bonds is 4. The SMILES string of the molecule is COc1ccc(C2=NN3[C@@H](c4ccc(SC)cc4)Oc4ccc(Br)cc4[C@@H]3C2)cc1. The van der Waals surface area contributed by atoms with E-state index in [2.05, 4.69) is 69.7 Å². The molecule has 5 rings (SSSR count). The minimum absolute atomic E-state index is 0.133. The zero-order valence-electron chi connectivity index (χ0n) is 16.7. The fourth-order valence-electron chi connectivity index (χ4n) is 4.00. The third kappa shape index (κ3) is 3.48. The molecule has 0 fully saturated rings. The molecule has 2 heterocycles. The van der Waals surface area contributed by atoms with Crippen LogP contribution in [0.15, 0.2) is 81.2 Å². The van der Waals surface area contributed by atoms with Gasteiger partial charge in [0, 0.05) is 26.9 Å². The van der Waals surface area contributed by atoms with Gasteiger partial charge in [-0.1, -0.05) is 28.1 Å². The monoisotopic (exact) mass is 480 g/mol. The molecule has 0 N–H and O–H groups in total. The zero-order chi connectivity index (χ0) is 20.7. The van der Waals surface area contributed by atoms with Crippen molar-refractivity contribution >= 4 is 33.4 Å². The quantitative estimate of drug-likeness (QED) is 0.403. The lowest BCUT2D eigenvalue weighted by Gasteiger charge is -2.38. The molecule has 0 bridgehead atoms. The highest BCUT2D eigenvalue weighted by Gasteiger charge is 2.41. The van der Waals surface area contributed by atoms with Crippen LogP contribution < -0.4 is 9.47 Å². The van der Waals surface area contributed by atoms with Crippen LogP contribution in [-0.4, -0.2) is 24.1 Å². The summed E-state index contributed by atoms with van der Waals surface area (Å²) in [5.41, 5.74) is 4.43. The van der Waals surface area contributed by atoms with Crippen molar-refractivity contribution in [2.75, 3.05) is 13.4 Å². The molecule has 6 heteroatoms. The summed E-state index contributed by atoms with van der Waals surface area (Å²) in [6, 6.07) is 23.0. The standard InChI is InChI=1S/C24H21BrN2O2S/c1-28-18-8-3-15(4-9-18)21-14-22-20-13-17(25)7-12-23(20)29-24(27(22)26-21)16-5-10-19(30-2)11-6-16/h3-13,22,24H,14H2,1-2H3/t22-,24+/m0/s1. The number of hydrazone groups is 1. The average Bonchev–Trinajstić information content (AvgIpc) is 3.24. The number of thioether (sulfide) groups is 1. The summed E-state index contributed by atoms with van der Waals surface area (Å²) >= 11 is 5.35. The summed E-state index contributed by atoms with van der Waals surface area (Å²) in [7, 11) is 1.68. The van der Waals surface area contributed by atoms with Crippen molar-refractivity contribution < 1.29 is 9.47 Å². The first-order valence-corrected chi connectivity index (χ1v) is 11.8. The van der Waals surface area contributed by atoms with Crippen molar-refractivity contribution in [2.45, 2.75) is 23.6 Å². The van der Waals surface area contributed by atoms with Crippen LogP contribution >= 0.6 is 27.7 Å². The van der Waals surface area contributed by atoms with Gasteiger partial charge in [-0.3, -0.25) is 0 Å². The highest BCUT2D eigenvalue weighted by Crippen LogP contribution is 2.48. The van der Waals surface area contributed by atoms with Crippen LogP contribution in [0.3, 0.4) is 0 Å². The Morgan fingerprint density at radius 3 is 2.53 bits per heavy atom. The van der Waals surface area contributed by atoms with E-state index in [4.69, 9.17) is 14.6 Å². The second-order valence-corrected chi connectivity index (χ2v) is 9.10. The van der Waals surface area contributed by atoms with Crippen molar-refractivity contribution in [1.82, 2.24) is 5.01 Å². The number of fused-ring (bicyclic) bond motifs is 3. The topological polar surface area (TPSA) is 34.1 Å². The van der Waals surface area contributed by atoms with E-state index in [0.717, 1.165) is 44.8 Å². The van der Waals surface area contributed by atoms with Crippen LogP contribution in [0.1, 0.15) is 35.4 Å². The maximum Gasteiger partial charge on any atom is 0.213 e. The lowest BCUT2D eigenvalue weighted by atomic mass is 9.96. The highest BCUT2D eigenvalue weighted by atomic mass is 79.9. The first-order chi connectivity index (χ1) is 14.7. The lowest BCUT2D eigenvalue weighted by molar-refractivity contribution is -0.0191. The van der Waals surface area contributed by atoms with Crippen LogP contribution in [0, 0.1) is 0 Å². The van der Waals surface area contributed by atoms with Crippen molar-refractivity contribution in [3.05, 3.63) is 87.9 Å². The fourth-order valence-corrected chi connectivity index (χ4v) is 4.79. The van der Waals surface area contributed by atoms with Gasteiger partial charge in [-0.05, 0) is 66.4 Å². The molecule has 2 aliphatic rings. The Balaban J connectivity index is 1.56. The number of benzene rings is 3. The summed E-state index contributed by atoms with van der Waals surface area (Å²) in [4.78, 5) is 1.24. The second kappa shape index (κ2) is 8.00. The van der Waals surface area contributed by atoms with E-state index in [9.17, 15) is 0 Å². The largest absolute Gasteiger partial charge is 0.497 e. The van der Waals surface area contributed by atoms with Crippen molar-refractivity contribution in [3.8, 4) is 11.5 Å². The van der Waals surface area contributed by atoms with Crippen LogP contribution in [0.5, 0.6) is 11.5 Å². The Hall–Kier alpha value is -2.44. The summed E-state index contributed by atoms with van der Waals surface area (Å²) in [6.45, 7) is 0. The Kier molecular flexibility index (Phi) is 5.21. The average molecular weight is 481 g/mol. The van der Waals surface area contributed by atoms with E-state index in [-0.39, 0.29) is 12.3 Å². The third-order valence-electron chi connectivity index (χ3n) is 5.58. The zero-order valence-corrected chi connectivity index (χ0v) is 19.1. The molecular weight excluding hydrogens is 460 g/mol. The van der Waals surface area contributed by atoms with Gasteiger partial charge >= 0.3 is 0 Å². The van der Waals surface area contributed by atoms with E-state index >= 15 is 0 Å².